The van der Waals surface area contributed by atoms with Crippen molar-refractivity contribution in [1.82, 2.24) is 4.98 Å². The highest BCUT2D eigenvalue weighted by Crippen LogP contribution is 2.30. The summed E-state index contributed by atoms with van der Waals surface area (Å²) >= 11 is 3.46. The van der Waals surface area contributed by atoms with Crippen LogP contribution in [0.25, 0.3) is 10.9 Å². The largest absolute Gasteiger partial charge is 0.252 e. The van der Waals surface area contributed by atoms with Crippen molar-refractivity contribution in [3.63, 3.8) is 0 Å². The van der Waals surface area contributed by atoms with E-state index >= 15 is 0 Å². The summed E-state index contributed by atoms with van der Waals surface area (Å²) in [7, 11) is 0. The van der Waals surface area contributed by atoms with Crippen LogP contribution in [0.5, 0.6) is 0 Å². The Balaban J connectivity index is 2.05. The Labute approximate surface area is 104 Å². The lowest BCUT2D eigenvalue weighted by atomic mass is 10.0. The molecule has 0 unspecified atom stereocenters. The fourth-order valence-corrected chi connectivity index (χ4v) is 2.18. The van der Waals surface area contributed by atoms with Gasteiger partial charge in [-0.15, -0.1) is 0 Å². The van der Waals surface area contributed by atoms with Gasteiger partial charge in [0.05, 0.1) is 5.52 Å². The molecule has 77 valence electrons. The van der Waals surface area contributed by atoms with Crippen LogP contribution < -0.4 is 0 Å². The van der Waals surface area contributed by atoms with Gasteiger partial charge in [0.25, 0.3) is 0 Å². The molecule has 0 aliphatic heterocycles. The highest BCUT2D eigenvalue weighted by atomic mass is 79.9. The first-order valence-electron chi connectivity index (χ1n) is 5.11. The normalized spacial score (nSPS) is 17.1. The van der Waals surface area contributed by atoms with Crippen molar-refractivity contribution < 1.29 is 0 Å². The van der Waals surface area contributed by atoms with Crippen molar-refractivity contribution in [3.05, 3.63) is 72.1 Å². The van der Waals surface area contributed by atoms with E-state index in [0.717, 1.165) is 21.1 Å². The van der Waals surface area contributed by atoms with Gasteiger partial charge in [0, 0.05) is 21.5 Å². The molecule has 1 aliphatic rings. The first-order chi connectivity index (χ1) is 7.83. The van der Waals surface area contributed by atoms with Crippen LogP contribution in [0.1, 0.15) is 5.69 Å². The Morgan fingerprint density at radius 3 is 2.56 bits per heavy atom. The van der Waals surface area contributed by atoms with Gasteiger partial charge in [-0.1, -0.05) is 22.0 Å². The molecule has 0 saturated heterocycles. The van der Waals surface area contributed by atoms with Crippen LogP contribution in [0.3, 0.4) is 0 Å². The molecule has 16 heavy (non-hydrogen) atoms. The van der Waals surface area contributed by atoms with E-state index in [9.17, 15) is 0 Å². The maximum absolute atomic E-state index is 4.64. The molecule has 0 N–H and O–H groups in total. The van der Waals surface area contributed by atoms with Gasteiger partial charge in [0.1, 0.15) is 0 Å². The zero-order chi connectivity index (χ0) is 11.0. The molecule has 0 atom stereocenters. The van der Waals surface area contributed by atoms with Gasteiger partial charge < -0.3 is 0 Å². The van der Waals surface area contributed by atoms with E-state index in [-0.39, 0.29) is 0 Å². The first-order valence-corrected chi connectivity index (χ1v) is 5.91. The molecule has 0 bridgehead atoms. The topological polar surface area (TPSA) is 12.9 Å². The lowest BCUT2D eigenvalue weighted by molar-refractivity contribution is 1.17. The number of aromatic nitrogens is 1. The van der Waals surface area contributed by atoms with Gasteiger partial charge in [-0.2, -0.15) is 0 Å². The minimum atomic E-state index is 1.03. The van der Waals surface area contributed by atoms with E-state index in [0.29, 0.717) is 0 Å². The van der Waals surface area contributed by atoms with E-state index in [1.165, 1.54) is 5.92 Å². The molecular weight excluding hydrogens is 262 g/mol. The molecule has 2 aromatic rings. The summed E-state index contributed by atoms with van der Waals surface area (Å²) in [5, 5.41) is 1.16. The van der Waals surface area contributed by atoms with E-state index in [2.05, 4.69) is 52.0 Å². The average Bonchev–Trinajstić information content (AvgIpc) is 2.82. The van der Waals surface area contributed by atoms with Crippen LogP contribution in [0.4, 0.5) is 0 Å². The Bertz CT molecular complexity index is 515. The molecule has 0 amide bonds. The number of fused-ring (bicyclic) bond motifs is 1. The molecule has 2 heteroatoms. The van der Waals surface area contributed by atoms with Crippen LogP contribution >= 0.6 is 15.9 Å². The maximum atomic E-state index is 4.64. The molecule has 0 spiro atoms. The molecular formula is C14H9BrN. The van der Waals surface area contributed by atoms with E-state index < -0.39 is 0 Å². The second-order valence-electron chi connectivity index (χ2n) is 3.71. The summed E-state index contributed by atoms with van der Waals surface area (Å²) in [6, 6.07) is 10.3. The van der Waals surface area contributed by atoms with Gasteiger partial charge >= 0.3 is 0 Å². The van der Waals surface area contributed by atoms with Crippen molar-refractivity contribution in [1.29, 1.82) is 0 Å². The molecule has 1 nitrogen and oxygen atoms in total. The van der Waals surface area contributed by atoms with Crippen molar-refractivity contribution in [2.24, 2.45) is 0 Å². The van der Waals surface area contributed by atoms with Gasteiger partial charge in [-0.3, -0.25) is 4.98 Å². The standard InChI is InChI=1S/C14H9BrN/c15-12-6-8-14-11(9-12)5-7-13(16-14)10-3-1-2-4-10/h1-9H. The lowest BCUT2D eigenvalue weighted by Gasteiger charge is -2.08. The summed E-state index contributed by atoms with van der Waals surface area (Å²) in [6.07, 6.45) is 8.21. The number of pyridine rings is 1. The third kappa shape index (κ3) is 1.86. The SMILES string of the molecule is Brc1ccc2nc([C]3[CH][CH][CH][CH]3)ccc2c1. The number of hydrogen-bond acceptors (Lipinski definition) is 1. The Morgan fingerprint density at radius 2 is 1.75 bits per heavy atom. The summed E-state index contributed by atoms with van der Waals surface area (Å²) in [4.78, 5) is 4.64. The number of hydrogen-bond donors (Lipinski definition) is 0. The van der Waals surface area contributed by atoms with Crippen LogP contribution in [-0.4, -0.2) is 4.98 Å². The molecule has 1 fully saturated rings. The second-order valence-corrected chi connectivity index (χ2v) is 4.62. The number of rotatable bonds is 1. The van der Waals surface area contributed by atoms with Crippen molar-refractivity contribution in [3.8, 4) is 0 Å². The molecule has 1 saturated carbocycles. The lowest BCUT2D eigenvalue weighted by Crippen LogP contribution is -1.98. The van der Waals surface area contributed by atoms with Crippen molar-refractivity contribution >= 4 is 26.8 Å². The quantitative estimate of drug-likeness (QED) is 0.769. The van der Waals surface area contributed by atoms with Gasteiger partial charge in [0.15, 0.2) is 0 Å². The highest BCUT2D eigenvalue weighted by molar-refractivity contribution is 9.10. The molecule has 5 radical (unpaired) electrons. The van der Waals surface area contributed by atoms with Crippen molar-refractivity contribution in [2.45, 2.75) is 0 Å². The van der Waals surface area contributed by atoms with Crippen LogP contribution in [0.2, 0.25) is 0 Å². The highest BCUT2D eigenvalue weighted by Gasteiger charge is 2.20. The van der Waals surface area contributed by atoms with Gasteiger partial charge in [0.2, 0.25) is 0 Å². The van der Waals surface area contributed by atoms with E-state index in [4.69, 9.17) is 0 Å². The maximum Gasteiger partial charge on any atom is 0.0706 e. The Hall–Kier alpha value is -0.890. The minimum absolute atomic E-state index is 1.03. The summed E-state index contributed by atoms with van der Waals surface area (Å²) in [6.45, 7) is 0. The predicted molar refractivity (Wildman–Crippen MR) is 69.0 cm³/mol. The third-order valence-corrected chi connectivity index (χ3v) is 3.10. The Morgan fingerprint density at radius 1 is 0.938 bits per heavy atom. The van der Waals surface area contributed by atoms with Crippen LogP contribution in [-0.2, 0) is 0 Å². The van der Waals surface area contributed by atoms with E-state index in [1.54, 1.807) is 0 Å². The molecule has 3 rings (SSSR count). The zero-order valence-electron chi connectivity index (χ0n) is 8.52. The fourth-order valence-electron chi connectivity index (χ4n) is 1.80. The smallest absolute Gasteiger partial charge is 0.0706 e. The van der Waals surface area contributed by atoms with Gasteiger partial charge in [-0.25, -0.2) is 0 Å². The molecule has 1 aromatic carbocycles. The fraction of sp³-hybridized carbons (Fsp3) is 0. The number of halogens is 1. The van der Waals surface area contributed by atoms with E-state index in [1.807, 2.05) is 25.0 Å². The molecule has 1 aromatic heterocycles. The summed E-state index contributed by atoms with van der Waals surface area (Å²) in [5.41, 5.74) is 2.06. The number of nitrogens with zero attached hydrogens (tertiary/aromatic N) is 1. The second kappa shape index (κ2) is 4.17. The average molecular weight is 271 g/mol. The monoisotopic (exact) mass is 270 g/mol. The minimum Gasteiger partial charge on any atom is -0.252 e. The summed E-state index contributed by atoms with van der Waals surface area (Å²) in [5.74, 6) is 1.17. The molecule has 1 aliphatic carbocycles. The summed E-state index contributed by atoms with van der Waals surface area (Å²) < 4.78 is 1.09. The Kier molecular flexibility index (Phi) is 2.68. The first kappa shape index (κ1) is 10.3. The predicted octanol–water partition coefficient (Wildman–Crippen LogP) is 3.75. The third-order valence-electron chi connectivity index (χ3n) is 2.61. The number of benzene rings is 1. The van der Waals surface area contributed by atoms with Crippen molar-refractivity contribution in [2.75, 3.05) is 0 Å². The van der Waals surface area contributed by atoms with Crippen LogP contribution in [0.15, 0.2) is 34.8 Å². The van der Waals surface area contributed by atoms with Crippen LogP contribution in [0, 0.1) is 31.6 Å². The zero-order valence-corrected chi connectivity index (χ0v) is 10.1. The van der Waals surface area contributed by atoms with Gasteiger partial charge in [-0.05, 0) is 49.9 Å². The molecule has 1 heterocycles.